The number of likely N-dealkylation sites (tertiary alicyclic amines) is 1. The zero-order valence-corrected chi connectivity index (χ0v) is 10.4. The van der Waals surface area contributed by atoms with Crippen molar-refractivity contribution in [3.63, 3.8) is 0 Å². The average Bonchev–Trinajstić information content (AvgIpc) is 2.82. The Labute approximate surface area is 116 Å². The van der Waals surface area contributed by atoms with Gasteiger partial charge in [-0.05, 0) is 6.07 Å². The van der Waals surface area contributed by atoms with Crippen molar-refractivity contribution in [2.24, 2.45) is 0 Å². The van der Waals surface area contributed by atoms with Crippen LogP contribution in [0.15, 0.2) is 6.07 Å². The van der Waals surface area contributed by atoms with Crippen molar-refractivity contribution in [3.8, 4) is 5.75 Å². The number of carboxylic acid groups (broad SMARTS) is 1. The molecule has 1 unspecified atom stereocenters. The molecule has 3 N–H and O–H groups in total. The van der Waals surface area contributed by atoms with Crippen molar-refractivity contribution in [2.45, 2.75) is 18.6 Å². The van der Waals surface area contributed by atoms with E-state index in [9.17, 15) is 27.9 Å². The van der Waals surface area contributed by atoms with E-state index < -0.39 is 59.3 Å². The number of carboxylic acids is 1. The second-order valence-corrected chi connectivity index (χ2v) is 4.58. The zero-order valence-electron chi connectivity index (χ0n) is 10.4. The molecule has 2 rings (SSSR count). The Morgan fingerprint density at radius 2 is 1.86 bits per heavy atom. The Balaban J connectivity index is 2.43. The third-order valence-corrected chi connectivity index (χ3v) is 3.19. The summed E-state index contributed by atoms with van der Waals surface area (Å²) in [6.45, 7) is -0.394. The average molecular weight is 305 g/mol. The summed E-state index contributed by atoms with van der Waals surface area (Å²) in [5.41, 5.74) is -1.01. The molecule has 1 amide bonds. The molecule has 0 radical (unpaired) electrons. The van der Waals surface area contributed by atoms with Crippen molar-refractivity contribution in [1.29, 1.82) is 0 Å². The maximum atomic E-state index is 13.7. The molecule has 2 atom stereocenters. The fourth-order valence-corrected chi connectivity index (χ4v) is 2.17. The minimum atomic E-state index is -1.85. The largest absolute Gasteiger partial charge is 0.503 e. The van der Waals surface area contributed by atoms with Gasteiger partial charge in [-0.1, -0.05) is 0 Å². The lowest BCUT2D eigenvalue weighted by Crippen LogP contribution is -2.41. The number of β-amino-alcohol motifs (C(OH)–C–C–N with tert-alkyl or cyclic N) is 1. The predicted molar refractivity (Wildman–Crippen MR) is 61.1 cm³/mol. The molecular weight excluding hydrogens is 295 g/mol. The van der Waals surface area contributed by atoms with E-state index in [0.29, 0.717) is 4.90 Å². The number of amides is 1. The molecule has 21 heavy (non-hydrogen) atoms. The lowest BCUT2D eigenvalue weighted by atomic mass is 10.1. The van der Waals surface area contributed by atoms with Gasteiger partial charge >= 0.3 is 5.97 Å². The molecule has 9 heteroatoms. The number of aromatic hydroxyl groups is 1. The van der Waals surface area contributed by atoms with Crippen LogP contribution in [0.2, 0.25) is 0 Å². The third-order valence-electron chi connectivity index (χ3n) is 3.19. The topological polar surface area (TPSA) is 98.1 Å². The molecule has 1 aromatic rings. The highest BCUT2D eigenvalue weighted by Crippen LogP contribution is 2.28. The minimum absolute atomic E-state index is 0.232. The highest BCUT2D eigenvalue weighted by atomic mass is 19.2. The fourth-order valence-electron chi connectivity index (χ4n) is 2.17. The predicted octanol–water partition coefficient (Wildman–Crippen LogP) is 0.470. The monoisotopic (exact) mass is 305 g/mol. The SMILES string of the molecule is O=C(O)[C@@H]1CC(O)CN1C(=O)c1cc(F)c(F)c(O)c1F. The number of nitrogens with zero attached hydrogens (tertiary/aromatic N) is 1. The van der Waals surface area contributed by atoms with Gasteiger partial charge in [0.2, 0.25) is 5.82 Å². The lowest BCUT2D eigenvalue weighted by Gasteiger charge is -2.21. The lowest BCUT2D eigenvalue weighted by molar-refractivity contribution is -0.141. The van der Waals surface area contributed by atoms with E-state index in [1.807, 2.05) is 0 Å². The van der Waals surface area contributed by atoms with Gasteiger partial charge in [0.25, 0.3) is 5.91 Å². The molecule has 1 aliphatic heterocycles. The standard InChI is InChI=1S/C12H10F3NO5/c13-6-2-5(8(14)10(18)9(6)15)11(19)16-3-4(17)1-7(16)12(20)21/h2,4,7,17-18H,1,3H2,(H,20,21)/t4?,7-/m0/s1. The molecule has 1 fully saturated rings. The van der Waals surface area contributed by atoms with Crippen molar-refractivity contribution in [3.05, 3.63) is 29.1 Å². The molecule has 0 bridgehead atoms. The Morgan fingerprint density at radius 3 is 2.43 bits per heavy atom. The van der Waals surface area contributed by atoms with Crippen LogP contribution in [0.1, 0.15) is 16.8 Å². The summed E-state index contributed by atoms with van der Waals surface area (Å²) in [6.07, 6.45) is -1.39. The number of phenols is 1. The highest BCUT2D eigenvalue weighted by molar-refractivity contribution is 5.97. The van der Waals surface area contributed by atoms with Crippen LogP contribution in [0, 0.1) is 17.5 Å². The number of halogens is 3. The molecule has 6 nitrogen and oxygen atoms in total. The van der Waals surface area contributed by atoms with Crippen LogP contribution in [0.5, 0.6) is 5.75 Å². The van der Waals surface area contributed by atoms with E-state index in [1.54, 1.807) is 0 Å². The van der Waals surface area contributed by atoms with Crippen LogP contribution >= 0.6 is 0 Å². The van der Waals surface area contributed by atoms with Crippen LogP contribution in [-0.4, -0.2) is 50.8 Å². The van der Waals surface area contributed by atoms with Crippen LogP contribution < -0.4 is 0 Å². The molecule has 114 valence electrons. The molecule has 1 aliphatic rings. The fraction of sp³-hybridized carbons (Fsp3) is 0.333. The quantitative estimate of drug-likeness (QED) is 0.690. The summed E-state index contributed by atoms with van der Waals surface area (Å²) in [7, 11) is 0. The maximum Gasteiger partial charge on any atom is 0.326 e. The first-order chi connectivity index (χ1) is 9.73. The molecule has 1 aromatic carbocycles. The molecule has 0 aromatic heterocycles. The minimum Gasteiger partial charge on any atom is -0.503 e. The molecule has 0 saturated carbocycles. The summed E-state index contributed by atoms with van der Waals surface area (Å²) in [5, 5.41) is 27.4. The van der Waals surface area contributed by atoms with Gasteiger partial charge in [-0.15, -0.1) is 0 Å². The maximum absolute atomic E-state index is 13.7. The van der Waals surface area contributed by atoms with Crippen LogP contribution in [0.4, 0.5) is 13.2 Å². The van der Waals surface area contributed by atoms with Crippen molar-refractivity contribution < 1.29 is 38.1 Å². The number of hydrogen-bond acceptors (Lipinski definition) is 4. The number of phenolic OH excluding ortho intramolecular Hbond substituents is 1. The number of rotatable bonds is 2. The van der Waals surface area contributed by atoms with Crippen molar-refractivity contribution in [2.75, 3.05) is 6.54 Å². The summed E-state index contributed by atoms with van der Waals surface area (Å²) in [6, 6.07) is -1.18. The van der Waals surface area contributed by atoms with Crippen molar-refractivity contribution in [1.82, 2.24) is 4.90 Å². The number of carbonyl (C=O) groups excluding carboxylic acids is 1. The number of hydrogen-bond donors (Lipinski definition) is 3. The van der Waals surface area contributed by atoms with Crippen LogP contribution in [0.3, 0.4) is 0 Å². The van der Waals surface area contributed by atoms with E-state index in [-0.39, 0.29) is 12.5 Å². The number of aliphatic hydroxyl groups is 1. The smallest absolute Gasteiger partial charge is 0.326 e. The van der Waals surface area contributed by atoms with Gasteiger partial charge < -0.3 is 20.2 Å². The number of aliphatic carboxylic acids is 1. The van der Waals surface area contributed by atoms with Gasteiger partial charge in [0.05, 0.1) is 11.7 Å². The van der Waals surface area contributed by atoms with E-state index >= 15 is 0 Å². The Kier molecular flexibility index (Phi) is 3.77. The molecule has 0 aliphatic carbocycles. The van der Waals surface area contributed by atoms with Crippen LogP contribution in [-0.2, 0) is 4.79 Å². The van der Waals surface area contributed by atoms with Gasteiger partial charge in [-0.3, -0.25) is 4.79 Å². The summed E-state index contributed by atoms with van der Waals surface area (Å²) in [4.78, 5) is 23.7. The summed E-state index contributed by atoms with van der Waals surface area (Å²) in [5.74, 6) is -9.53. The molecular formula is C12H10F3NO5. The van der Waals surface area contributed by atoms with E-state index in [0.717, 1.165) is 0 Å². The Hall–Kier alpha value is -2.29. The zero-order chi connectivity index (χ0) is 15.9. The second kappa shape index (κ2) is 5.24. The van der Waals surface area contributed by atoms with E-state index in [4.69, 9.17) is 10.2 Å². The summed E-state index contributed by atoms with van der Waals surface area (Å²) < 4.78 is 39.8. The first-order valence-electron chi connectivity index (χ1n) is 5.82. The Morgan fingerprint density at radius 1 is 1.24 bits per heavy atom. The number of aliphatic hydroxyl groups excluding tert-OH is 1. The summed E-state index contributed by atoms with van der Waals surface area (Å²) >= 11 is 0. The van der Waals surface area contributed by atoms with Gasteiger partial charge in [-0.25, -0.2) is 13.6 Å². The second-order valence-electron chi connectivity index (χ2n) is 4.58. The number of carbonyl (C=O) groups is 2. The van der Waals surface area contributed by atoms with E-state index in [1.165, 1.54) is 0 Å². The normalized spacial score (nSPS) is 21.6. The van der Waals surface area contributed by atoms with Crippen LogP contribution in [0.25, 0.3) is 0 Å². The van der Waals surface area contributed by atoms with Gasteiger partial charge in [-0.2, -0.15) is 4.39 Å². The Bertz CT molecular complexity index is 621. The first-order valence-corrected chi connectivity index (χ1v) is 5.82. The molecule has 1 saturated heterocycles. The van der Waals surface area contributed by atoms with Gasteiger partial charge in [0, 0.05) is 13.0 Å². The van der Waals surface area contributed by atoms with Gasteiger partial charge in [0.15, 0.2) is 17.4 Å². The van der Waals surface area contributed by atoms with Crippen molar-refractivity contribution >= 4 is 11.9 Å². The number of benzene rings is 1. The van der Waals surface area contributed by atoms with Gasteiger partial charge in [0.1, 0.15) is 6.04 Å². The highest BCUT2D eigenvalue weighted by Gasteiger charge is 2.40. The first kappa shape index (κ1) is 15.1. The molecule has 0 spiro atoms. The van der Waals surface area contributed by atoms with E-state index in [2.05, 4.69) is 0 Å². The molecule has 1 heterocycles. The third kappa shape index (κ3) is 2.51.